The molecule has 2 saturated carbocycles. The van der Waals surface area contributed by atoms with Gasteiger partial charge < -0.3 is 21.3 Å². The Morgan fingerprint density at radius 3 is 2.27 bits per heavy atom. The van der Waals surface area contributed by atoms with Gasteiger partial charge in [0.25, 0.3) is 11.8 Å². The molecule has 1 aromatic carbocycles. The number of nitrogens with two attached hydrogens (primary N) is 1. The SMILES string of the molecule is NC(=O)c1ccc(C(=O)NC2C[C@H]3CC[C@@H](C2)N3c2ccc(C(=O)C3CCC3)cn2)cc1NCC1CC1. The summed E-state index contributed by atoms with van der Waals surface area (Å²) in [4.78, 5) is 44.6. The summed E-state index contributed by atoms with van der Waals surface area (Å²) in [5, 5.41) is 6.55. The minimum absolute atomic E-state index is 0.0828. The molecule has 4 aliphatic rings. The van der Waals surface area contributed by atoms with Gasteiger partial charge in [0, 0.05) is 53.6 Å². The van der Waals surface area contributed by atoms with Crippen molar-refractivity contribution in [2.24, 2.45) is 17.6 Å². The van der Waals surface area contributed by atoms with Gasteiger partial charge in [-0.1, -0.05) is 6.42 Å². The number of rotatable bonds is 9. The average Bonchev–Trinajstić information content (AvgIpc) is 3.65. The molecular weight excluding hydrogens is 466 g/mol. The number of fused-ring (bicyclic) bond motifs is 2. The van der Waals surface area contributed by atoms with Crippen LogP contribution in [0.1, 0.15) is 88.9 Å². The number of primary amides is 1. The first-order chi connectivity index (χ1) is 18.0. The van der Waals surface area contributed by atoms with Crippen LogP contribution >= 0.6 is 0 Å². The number of anilines is 2. The lowest BCUT2D eigenvalue weighted by Crippen LogP contribution is -2.50. The van der Waals surface area contributed by atoms with Crippen LogP contribution in [-0.4, -0.2) is 47.3 Å². The fourth-order valence-electron chi connectivity index (χ4n) is 6.15. The molecule has 4 N–H and O–H groups in total. The number of nitrogens with zero attached hydrogens (tertiary/aromatic N) is 2. The molecule has 1 unspecified atom stereocenters. The first kappa shape index (κ1) is 23.9. The number of hydrogen-bond acceptors (Lipinski definition) is 6. The highest BCUT2D eigenvalue weighted by Crippen LogP contribution is 2.39. The van der Waals surface area contributed by atoms with E-state index in [0.717, 1.165) is 62.9 Å². The Kier molecular flexibility index (Phi) is 6.34. The molecule has 2 aliphatic carbocycles. The van der Waals surface area contributed by atoms with Crippen molar-refractivity contribution in [2.45, 2.75) is 75.9 Å². The molecule has 37 heavy (non-hydrogen) atoms. The van der Waals surface area contributed by atoms with Gasteiger partial charge in [-0.25, -0.2) is 4.98 Å². The summed E-state index contributed by atoms with van der Waals surface area (Å²) in [6, 6.07) is 9.71. The van der Waals surface area contributed by atoms with Gasteiger partial charge in [-0.3, -0.25) is 14.4 Å². The van der Waals surface area contributed by atoms with Gasteiger partial charge in [0.05, 0.1) is 5.56 Å². The molecule has 2 amide bonds. The maximum atomic E-state index is 13.2. The van der Waals surface area contributed by atoms with E-state index in [-0.39, 0.29) is 23.7 Å². The Balaban J connectivity index is 1.10. The molecule has 2 aromatic rings. The molecule has 1 aromatic heterocycles. The molecule has 0 radical (unpaired) electrons. The summed E-state index contributed by atoms with van der Waals surface area (Å²) in [5.74, 6) is 1.34. The van der Waals surface area contributed by atoms with Crippen LogP contribution in [0, 0.1) is 11.8 Å². The molecule has 4 fully saturated rings. The standard InChI is InChI=1S/C29H35N5O3/c30-28(36)24-10-6-19(12-25(24)31-15-17-4-5-17)29(37)33-21-13-22-8-9-23(14-21)34(22)26-11-7-20(16-32-26)27(35)18-2-1-3-18/h6-7,10-12,16-18,21-23,31H,1-5,8-9,13-15H2,(H2,30,36)(H,33,37)/t21?,22-,23+. The minimum Gasteiger partial charge on any atom is -0.384 e. The second-order valence-corrected chi connectivity index (χ2v) is 11.3. The lowest BCUT2D eigenvalue weighted by atomic mass is 9.80. The van der Waals surface area contributed by atoms with Crippen LogP contribution < -0.4 is 21.3 Å². The lowest BCUT2D eigenvalue weighted by Gasteiger charge is -2.40. The van der Waals surface area contributed by atoms with E-state index in [1.807, 2.05) is 12.1 Å². The normalized spacial score (nSPS) is 24.9. The van der Waals surface area contributed by atoms with E-state index >= 15 is 0 Å². The Hall–Kier alpha value is -3.42. The molecule has 8 heteroatoms. The molecule has 3 atom stereocenters. The smallest absolute Gasteiger partial charge is 0.251 e. The van der Waals surface area contributed by atoms with E-state index in [1.165, 1.54) is 12.8 Å². The summed E-state index contributed by atoms with van der Waals surface area (Å²) in [7, 11) is 0. The fraction of sp³-hybridized carbons (Fsp3) is 0.517. The predicted octanol–water partition coefficient (Wildman–Crippen LogP) is 3.92. The second-order valence-electron chi connectivity index (χ2n) is 11.3. The fourth-order valence-corrected chi connectivity index (χ4v) is 6.15. The van der Waals surface area contributed by atoms with Gasteiger partial charge in [-0.2, -0.15) is 0 Å². The first-order valence-corrected chi connectivity index (χ1v) is 13.7. The van der Waals surface area contributed by atoms with E-state index in [1.54, 1.807) is 24.4 Å². The highest BCUT2D eigenvalue weighted by molar-refractivity contribution is 6.02. The number of carbonyl (C=O) groups excluding carboxylic acids is 3. The maximum absolute atomic E-state index is 13.2. The monoisotopic (exact) mass is 501 g/mol. The second kappa shape index (κ2) is 9.80. The third-order valence-corrected chi connectivity index (χ3v) is 8.67. The van der Waals surface area contributed by atoms with Crippen molar-refractivity contribution >= 4 is 29.1 Å². The van der Waals surface area contributed by atoms with Crippen molar-refractivity contribution in [3.8, 4) is 0 Å². The number of aromatic nitrogens is 1. The van der Waals surface area contributed by atoms with Crippen molar-refractivity contribution in [1.29, 1.82) is 0 Å². The molecule has 8 nitrogen and oxygen atoms in total. The third-order valence-electron chi connectivity index (χ3n) is 8.67. The Morgan fingerprint density at radius 2 is 1.68 bits per heavy atom. The zero-order valence-corrected chi connectivity index (χ0v) is 21.1. The van der Waals surface area contributed by atoms with E-state index in [2.05, 4.69) is 20.5 Å². The van der Waals surface area contributed by atoms with Crippen molar-refractivity contribution < 1.29 is 14.4 Å². The van der Waals surface area contributed by atoms with Gasteiger partial charge in [-0.15, -0.1) is 0 Å². The number of nitrogens with one attached hydrogen (secondary N) is 2. The predicted molar refractivity (Wildman–Crippen MR) is 142 cm³/mol. The van der Waals surface area contributed by atoms with Crippen LogP contribution in [0.3, 0.4) is 0 Å². The summed E-state index contributed by atoms with van der Waals surface area (Å²) in [5.41, 5.74) is 7.85. The number of pyridine rings is 1. The van der Waals surface area contributed by atoms with Gasteiger partial charge >= 0.3 is 0 Å². The molecule has 3 heterocycles. The van der Waals surface area contributed by atoms with Crippen LogP contribution in [0.4, 0.5) is 11.5 Å². The van der Waals surface area contributed by atoms with Gasteiger partial charge in [-0.05, 0) is 87.6 Å². The highest BCUT2D eigenvalue weighted by Gasteiger charge is 2.42. The summed E-state index contributed by atoms with van der Waals surface area (Å²) >= 11 is 0. The maximum Gasteiger partial charge on any atom is 0.251 e. The van der Waals surface area contributed by atoms with E-state index in [4.69, 9.17) is 5.73 Å². The molecule has 194 valence electrons. The first-order valence-electron chi connectivity index (χ1n) is 13.7. The molecular formula is C29H35N5O3. The Morgan fingerprint density at radius 1 is 0.946 bits per heavy atom. The molecule has 6 rings (SSSR count). The van der Waals surface area contributed by atoms with Crippen LogP contribution in [0.5, 0.6) is 0 Å². The summed E-state index contributed by atoms with van der Waals surface area (Å²) in [6.07, 6.45) is 11.1. The number of benzene rings is 1. The van der Waals surface area contributed by atoms with Gasteiger partial charge in [0.1, 0.15) is 5.82 Å². The minimum atomic E-state index is -0.497. The lowest BCUT2D eigenvalue weighted by molar-refractivity contribution is 0.0854. The van der Waals surface area contributed by atoms with Crippen molar-refractivity contribution in [1.82, 2.24) is 10.3 Å². The Labute approximate surface area is 217 Å². The van der Waals surface area contributed by atoms with Gasteiger partial charge in [0.2, 0.25) is 0 Å². The Bertz CT molecular complexity index is 1190. The quantitative estimate of drug-likeness (QED) is 0.449. The number of hydrogen-bond donors (Lipinski definition) is 3. The summed E-state index contributed by atoms with van der Waals surface area (Å²) in [6.45, 7) is 0.789. The number of Topliss-reactive ketones (excluding diaryl/α,β-unsaturated/α-hetero) is 1. The van der Waals surface area contributed by atoms with E-state index in [9.17, 15) is 14.4 Å². The highest BCUT2D eigenvalue weighted by atomic mass is 16.2. The zero-order valence-electron chi connectivity index (χ0n) is 21.1. The molecule has 0 spiro atoms. The number of piperidine rings is 1. The zero-order chi connectivity index (χ0) is 25.5. The van der Waals surface area contributed by atoms with Crippen molar-refractivity contribution in [2.75, 3.05) is 16.8 Å². The number of carbonyl (C=O) groups is 3. The number of ketones is 1. The van der Waals surface area contributed by atoms with Crippen molar-refractivity contribution in [3.05, 3.63) is 53.2 Å². The summed E-state index contributed by atoms with van der Waals surface area (Å²) < 4.78 is 0. The topological polar surface area (TPSA) is 117 Å². The largest absolute Gasteiger partial charge is 0.384 e. The van der Waals surface area contributed by atoms with Crippen LogP contribution in [0.2, 0.25) is 0 Å². The van der Waals surface area contributed by atoms with Crippen molar-refractivity contribution in [3.63, 3.8) is 0 Å². The van der Waals surface area contributed by atoms with Crippen LogP contribution in [0.25, 0.3) is 0 Å². The molecule has 2 saturated heterocycles. The van der Waals surface area contributed by atoms with E-state index < -0.39 is 5.91 Å². The third kappa shape index (κ3) is 4.93. The van der Waals surface area contributed by atoms with Crippen LogP contribution in [0.15, 0.2) is 36.5 Å². The number of amides is 2. The molecule has 2 aliphatic heterocycles. The van der Waals surface area contributed by atoms with E-state index in [0.29, 0.717) is 34.8 Å². The average molecular weight is 502 g/mol. The van der Waals surface area contributed by atoms with Crippen LogP contribution in [-0.2, 0) is 0 Å². The van der Waals surface area contributed by atoms with Gasteiger partial charge in [0.15, 0.2) is 5.78 Å². The molecule has 2 bridgehead atoms.